The Hall–Kier alpha value is -0.540. The second-order valence-corrected chi connectivity index (χ2v) is 4.61. The summed E-state index contributed by atoms with van der Waals surface area (Å²) in [4.78, 5) is 0. The van der Waals surface area contributed by atoms with Crippen molar-refractivity contribution in [3.63, 3.8) is 0 Å². The Morgan fingerprint density at radius 1 is 1.47 bits per heavy atom. The molecule has 0 aliphatic rings. The van der Waals surface area contributed by atoms with Gasteiger partial charge in [-0.2, -0.15) is 11.8 Å². The van der Waals surface area contributed by atoms with E-state index in [-0.39, 0.29) is 11.9 Å². The van der Waals surface area contributed by atoms with Crippen molar-refractivity contribution in [1.82, 2.24) is 0 Å². The van der Waals surface area contributed by atoms with E-state index in [0.717, 1.165) is 24.2 Å². The number of thioether (sulfide) groups is 1. The van der Waals surface area contributed by atoms with Gasteiger partial charge in [-0.25, -0.2) is 4.39 Å². The molecule has 0 amide bonds. The molecule has 1 aromatic rings. The van der Waals surface area contributed by atoms with E-state index in [1.54, 1.807) is 17.8 Å². The van der Waals surface area contributed by atoms with E-state index in [0.29, 0.717) is 6.42 Å². The van der Waals surface area contributed by atoms with Crippen molar-refractivity contribution in [2.45, 2.75) is 25.4 Å². The minimum Gasteiger partial charge on any atom is -0.393 e. The summed E-state index contributed by atoms with van der Waals surface area (Å²) in [5.41, 5.74) is 0.867. The molecular weight excluding hydrogens is 211 g/mol. The standard InChI is InChI=1S/C12H17FOS/c1-15-7-3-6-12(14)9-10-4-2-5-11(13)8-10/h2,4-5,8,12,14H,3,6-7,9H2,1H3. The molecule has 1 atom stereocenters. The van der Waals surface area contributed by atoms with Crippen LogP contribution in [0.4, 0.5) is 4.39 Å². The number of rotatable bonds is 6. The monoisotopic (exact) mass is 228 g/mol. The average Bonchev–Trinajstić information content (AvgIpc) is 2.18. The number of halogens is 1. The van der Waals surface area contributed by atoms with Gasteiger partial charge in [-0.05, 0) is 49.0 Å². The lowest BCUT2D eigenvalue weighted by Gasteiger charge is -2.09. The molecule has 0 aromatic heterocycles. The van der Waals surface area contributed by atoms with Crippen molar-refractivity contribution in [2.75, 3.05) is 12.0 Å². The maximum atomic E-state index is 12.8. The zero-order valence-corrected chi connectivity index (χ0v) is 9.77. The summed E-state index contributed by atoms with van der Waals surface area (Å²) in [7, 11) is 0. The first kappa shape index (κ1) is 12.5. The highest BCUT2D eigenvalue weighted by molar-refractivity contribution is 7.98. The summed E-state index contributed by atoms with van der Waals surface area (Å²) in [5.74, 6) is 0.837. The Balaban J connectivity index is 2.34. The van der Waals surface area contributed by atoms with Gasteiger partial charge < -0.3 is 5.11 Å². The molecule has 0 aliphatic heterocycles. The van der Waals surface area contributed by atoms with Gasteiger partial charge in [0.2, 0.25) is 0 Å². The Bertz CT molecular complexity index is 291. The number of aliphatic hydroxyl groups excluding tert-OH is 1. The molecule has 0 saturated carbocycles. The number of benzene rings is 1. The molecule has 1 N–H and O–H groups in total. The Kier molecular flexibility index (Phi) is 5.73. The van der Waals surface area contributed by atoms with E-state index in [1.165, 1.54) is 12.1 Å². The van der Waals surface area contributed by atoms with Crippen LogP contribution in [0.2, 0.25) is 0 Å². The first-order chi connectivity index (χ1) is 7.22. The van der Waals surface area contributed by atoms with Crippen molar-refractivity contribution in [2.24, 2.45) is 0 Å². The predicted octanol–water partition coefficient (Wildman–Crippen LogP) is 2.87. The molecule has 15 heavy (non-hydrogen) atoms. The van der Waals surface area contributed by atoms with Gasteiger partial charge in [0, 0.05) is 0 Å². The van der Waals surface area contributed by atoms with Crippen molar-refractivity contribution in [1.29, 1.82) is 0 Å². The predicted molar refractivity (Wildman–Crippen MR) is 63.7 cm³/mol. The van der Waals surface area contributed by atoms with Crippen LogP contribution < -0.4 is 0 Å². The van der Waals surface area contributed by atoms with E-state index >= 15 is 0 Å². The van der Waals surface area contributed by atoms with Crippen LogP contribution in [0.5, 0.6) is 0 Å². The van der Waals surface area contributed by atoms with Crippen molar-refractivity contribution in [3.8, 4) is 0 Å². The van der Waals surface area contributed by atoms with E-state index in [4.69, 9.17) is 0 Å². The maximum Gasteiger partial charge on any atom is 0.123 e. The molecule has 0 radical (unpaired) electrons. The van der Waals surface area contributed by atoms with Crippen molar-refractivity contribution >= 4 is 11.8 Å². The highest BCUT2D eigenvalue weighted by Gasteiger charge is 2.05. The molecule has 1 aromatic carbocycles. The van der Waals surface area contributed by atoms with E-state index in [9.17, 15) is 9.50 Å². The van der Waals surface area contributed by atoms with Crippen LogP contribution in [0.15, 0.2) is 24.3 Å². The lowest BCUT2D eigenvalue weighted by atomic mass is 10.0. The van der Waals surface area contributed by atoms with Crippen LogP contribution >= 0.6 is 11.8 Å². The quantitative estimate of drug-likeness (QED) is 0.755. The van der Waals surface area contributed by atoms with Gasteiger partial charge >= 0.3 is 0 Å². The molecule has 0 bridgehead atoms. The van der Waals surface area contributed by atoms with Gasteiger partial charge in [0.05, 0.1) is 6.10 Å². The third kappa shape index (κ3) is 5.19. The molecule has 0 aliphatic carbocycles. The van der Waals surface area contributed by atoms with E-state index in [2.05, 4.69) is 6.26 Å². The fourth-order valence-electron chi connectivity index (χ4n) is 1.50. The van der Waals surface area contributed by atoms with E-state index < -0.39 is 0 Å². The highest BCUT2D eigenvalue weighted by atomic mass is 32.2. The Labute approximate surface area is 94.7 Å². The van der Waals surface area contributed by atoms with Crippen LogP contribution in [0.1, 0.15) is 18.4 Å². The largest absolute Gasteiger partial charge is 0.393 e. The minimum absolute atomic E-state index is 0.233. The topological polar surface area (TPSA) is 20.2 Å². The smallest absolute Gasteiger partial charge is 0.123 e. The minimum atomic E-state index is -0.348. The summed E-state index contributed by atoms with van der Waals surface area (Å²) >= 11 is 1.78. The Morgan fingerprint density at radius 2 is 2.27 bits per heavy atom. The van der Waals surface area contributed by atoms with Crippen LogP contribution in [-0.4, -0.2) is 23.2 Å². The molecular formula is C12H17FOS. The molecule has 84 valence electrons. The van der Waals surface area contributed by atoms with Gasteiger partial charge in [-0.15, -0.1) is 0 Å². The second kappa shape index (κ2) is 6.85. The third-order valence-electron chi connectivity index (χ3n) is 2.25. The fraction of sp³-hybridized carbons (Fsp3) is 0.500. The summed E-state index contributed by atoms with van der Waals surface area (Å²) in [6.45, 7) is 0. The van der Waals surface area contributed by atoms with Crippen LogP contribution in [0, 0.1) is 5.82 Å². The highest BCUT2D eigenvalue weighted by Crippen LogP contribution is 2.10. The van der Waals surface area contributed by atoms with Gasteiger partial charge in [0.25, 0.3) is 0 Å². The summed E-state index contributed by atoms with van der Waals surface area (Å²) in [6, 6.07) is 6.43. The molecule has 0 spiro atoms. The first-order valence-electron chi connectivity index (χ1n) is 5.14. The van der Waals surface area contributed by atoms with Crippen molar-refractivity contribution < 1.29 is 9.50 Å². The molecule has 1 rings (SSSR count). The Morgan fingerprint density at radius 3 is 2.93 bits per heavy atom. The number of hydrogen-bond acceptors (Lipinski definition) is 2. The maximum absolute atomic E-state index is 12.8. The molecule has 0 saturated heterocycles. The number of hydrogen-bond donors (Lipinski definition) is 1. The lowest BCUT2D eigenvalue weighted by molar-refractivity contribution is 0.164. The van der Waals surface area contributed by atoms with Crippen molar-refractivity contribution in [3.05, 3.63) is 35.6 Å². The summed E-state index contributed by atoms with van der Waals surface area (Å²) < 4.78 is 12.8. The molecule has 1 nitrogen and oxygen atoms in total. The zero-order valence-electron chi connectivity index (χ0n) is 8.95. The van der Waals surface area contributed by atoms with Gasteiger partial charge in [-0.1, -0.05) is 12.1 Å². The third-order valence-corrected chi connectivity index (χ3v) is 2.94. The first-order valence-corrected chi connectivity index (χ1v) is 6.53. The SMILES string of the molecule is CSCCCC(O)Cc1cccc(F)c1. The lowest BCUT2D eigenvalue weighted by Crippen LogP contribution is -2.10. The molecule has 0 fully saturated rings. The number of aliphatic hydroxyl groups is 1. The van der Waals surface area contributed by atoms with Gasteiger partial charge in [-0.3, -0.25) is 0 Å². The summed E-state index contributed by atoms with van der Waals surface area (Å²) in [5, 5.41) is 9.69. The molecule has 3 heteroatoms. The molecule has 1 unspecified atom stereocenters. The van der Waals surface area contributed by atoms with E-state index in [1.807, 2.05) is 6.07 Å². The molecule has 0 heterocycles. The van der Waals surface area contributed by atoms with Crippen LogP contribution in [0.25, 0.3) is 0 Å². The van der Waals surface area contributed by atoms with Crippen LogP contribution in [0.3, 0.4) is 0 Å². The zero-order chi connectivity index (χ0) is 11.1. The van der Waals surface area contributed by atoms with Gasteiger partial charge in [0.15, 0.2) is 0 Å². The fourth-order valence-corrected chi connectivity index (χ4v) is 1.96. The van der Waals surface area contributed by atoms with Gasteiger partial charge in [0.1, 0.15) is 5.82 Å². The normalized spacial score (nSPS) is 12.7. The van der Waals surface area contributed by atoms with Crippen LogP contribution in [-0.2, 0) is 6.42 Å². The second-order valence-electron chi connectivity index (χ2n) is 3.62. The average molecular weight is 228 g/mol. The summed E-state index contributed by atoms with van der Waals surface area (Å²) in [6.07, 6.45) is 4.05.